The lowest BCUT2D eigenvalue weighted by Gasteiger charge is -2.30. The number of nitrogens with one attached hydrogen (secondary N) is 2. The molecule has 3 aromatic rings. The standard InChI is InChI=1S/C26H28N4O3/c1-18-5-9-21(10-6-18)28-26(32)29-24-4-2-3-20-16-30(14-13-23(20)24)15-19-7-11-22(12-8-19)33-17-25(27)31/h2-12H,13-17H2,1H3,(H2,27,31)(H2,28,29,32). The SMILES string of the molecule is Cc1ccc(NC(=O)Nc2cccc3c2CCN(Cc2ccc(OCC(N)=O)cc2)C3)cc1. The van der Waals surface area contributed by atoms with E-state index in [1.165, 1.54) is 11.1 Å². The number of amides is 3. The van der Waals surface area contributed by atoms with Gasteiger partial charge in [-0.3, -0.25) is 9.69 Å². The molecule has 0 atom stereocenters. The van der Waals surface area contributed by atoms with Crippen LogP contribution in [0, 0.1) is 6.92 Å². The maximum Gasteiger partial charge on any atom is 0.323 e. The fourth-order valence-electron chi connectivity index (χ4n) is 3.95. The highest BCUT2D eigenvalue weighted by Crippen LogP contribution is 2.27. The van der Waals surface area contributed by atoms with Crippen molar-refractivity contribution in [1.29, 1.82) is 0 Å². The van der Waals surface area contributed by atoms with Crippen molar-refractivity contribution < 1.29 is 14.3 Å². The van der Waals surface area contributed by atoms with Gasteiger partial charge in [-0.2, -0.15) is 0 Å². The van der Waals surface area contributed by atoms with Gasteiger partial charge >= 0.3 is 6.03 Å². The number of hydrogen-bond donors (Lipinski definition) is 3. The normalized spacial score (nSPS) is 13.1. The van der Waals surface area contributed by atoms with Crippen molar-refractivity contribution in [1.82, 2.24) is 4.90 Å². The molecule has 1 aliphatic heterocycles. The van der Waals surface area contributed by atoms with Crippen LogP contribution in [0.5, 0.6) is 5.75 Å². The first-order valence-electron chi connectivity index (χ1n) is 10.9. The molecule has 0 spiro atoms. The van der Waals surface area contributed by atoms with Crippen molar-refractivity contribution in [2.24, 2.45) is 5.73 Å². The molecule has 0 saturated carbocycles. The van der Waals surface area contributed by atoms with Crippen molar-refractivity contribution in [3.8, 4) is 5.75 Å². The number of anilines is 2. The molecule has 3 amide bonds. The summed E-state index contributed by atoms with van der Waals surface area (Å²) in [5.74, 6) is 0.133. The third kappa shape index (κ3) is 6.11. The van der Waals surface area contributed by atoms with Crippen molar-refractivity contribution in [2.75, 3.05) is 23.8 Å². The Morgan fingerprint density at radius 3 is 2.48 bits per heavy atom. The van der Waals surface area contributed by atoms with Crippen LogP contribution in [0.25, 0.3) is 0 Å². The van der Waals surface area contributed by atoms with E-state index in [2.05, 4.69) is 21.6 Å². The lowest BCUT2D eigenvalue weighted by Crippen LogP contribution is -2.31. The Hall–Kier alpha value is -3.84. The minimum atomic E-state index is -0.493. The number of hydrogen-bond acceptors (Lipinski definition) is 4. The number of aryl methyl sites for hydroxylation is 1. The van der Waals surface area contributed by atoms with E-state index in [0.29, 0.717) is 5.75 Å². The molecule has 4 N–H and O–H groups in total. The van der Waals surface area contributed by atoms with Crippen LogP contribution < -0.4 is 21.1 Å². The van der Waals surface area contributed by atoms with Gasteiger partial charge in [0.25, 0.3) is 5.91 Å². The third-order valence-corrected chi connectivity index (χ3v) is 5.61. The third-order valence-electron chi connectivity index (χ3n) is 5.61. The summed E-state index contributed by atoms with van der Waals surface area (Å²) >= 11 is 0. The highest BCUT2D eigenvalue weighted by molar-refractivity contribution is 6.00. The predicted octanol–water partition coefficient (Wildman–Crippen LogP) is 4.06. The number of benzene rings is 3. The zero-order valence-electron chi connectivity index (χ0n) is 18.6. The molecule has 0 bridgehead atoms. The Balaban J connectivity index is 1.35. The average molecular weight is 445 g/mol. The Labute approximate surface area is 193 Å². The number of nitrogens with two attached hydrogens (primary N) is 1. The maximum absolute atomic E-state index is 12.5. The quantitative estimate of drug-likeness (QED) is 0.512. The molecule has 4 rings (SSSR count). The molecule has 7 nitrogen and oxygen atoms in total. The Bertz CT molecular complexity index is 1130. The molecule has 0 aliphatic carbocycles. The highest BCUT2D eigenvalue weighted by Gasteiger charge is 2.20. The Kier molecular flexibility index (Phi) is 6.90. The molecule has 0 fully saturated rings. The van der Waals surface area contributed by atoms with Gasteiger partial charge in [-0.05, 0) is 60.4 Å². The van der Waals surface area contributed by atoms with Crippen LogP contribution in [0.1, 0.15) is 22.3 Å². The second kappa shape index (κ2) is 10.2. The van der Waals surface area contributed by atoms with Crippen LogP contribution in [0.2, 0.25) is 0 Å². The van der Waals surface area contributed by atoms with E-state index in [4.69, 9.17) is 10.5 Å². The van der Waals surface area contributed by atoms with Gasteiger partial charge in [0.05, 0.1) is 0 Å². The molecule has 0 aromatic heterocycles. The van der Waals surface area contributed by atoms with Crippen LogP contribution >= 0.6 is 0 Å². The van der Waals surface area contributed by atoms with E-state index in [1.807, 2.05) is 67.6 Å². The first-order chi connectivity index (χ1) is 16.0. The van der Waals surface area contributed by atoms with Gasteiger partial charge in [-0.15, -0.1) is 0 Å². The van der Waals surface area contributed by atoms with Gasteiger partial charge in [0, 0.05) is 31.0 Å². The molecule has 0 saturated heterocycles. The highest BCUT2D eigenvalue weighted by atomic mass is 16.5. The fraction of sp³-hybridized carbons (Fsp3) is 0.231. The van der Waals surface area contributed by atoms with Crippen molar-refractivity contribution in [2.45, 2.75) is 26.4 Å². The first-order valence-corrected chi connectivity index (χ1v) is 10.9. The summed E-state index contributed by atoms with van der Waals surface area (Å²) in [5, 5.41) is 5.90. The molecule has 7 heteroatoms. The molecule has 170 valence electrons. The summed E-state index contributed by atoms with van der Waals surface area (Å²) in [6.07, 6.45) is 0.857. The van der Waals surface area contributed by atoms with Gasteiger partial charge in [0.2, 0.25) is 0 Å². The van der Waals surface area contributed by atoms with E-state index in [0.717, 1.165) is 48.6 Å². The summed E-state index contributed by atoms with van der Waals surface area (Å²) in [6.45, 7) is 4.40. The zero-order chi connectivity index (χ0) is 23.2. The van der Waals surface area contributed by atoms with E-state index in [1.54, 1.807) is 0 Å². The predicted molar refractivity (Wildman–Crippen MR) is 129 cm³/mol. The molecular formula is C26H28N4O3. The van der Waals surface area contributed by atoms with Gasteiger partial charge in [-0.25, -0.2) is 4.79 Å². The van der Waals surface area contributed by atoms with Crippen molar-refractivity contribution >= 4 is 23.3 Å². The van der Waals surface area contributed by atoms with Crippen LogP contribution in [-0.2, 0) is 24.3 Å². The molecule has 3 aromatic carbocycles. The monoisotopic (exact) mass is 444 g/mol. The Morgan fingerprint density at radius 2 is 1.76 bits per heavy atom. The van der Waals surface area contributed by atoms with E-state index in [9.17, 15) is 9.59 Å². The van der Waals surface area contributed by atoms with Gasteiger partial charge in [-0.1, -0.05) is 42.0 Å². The molecule has 1 heterocycles. The Morgan fingerprint density at radius 1 is 1.00 bits per heavy atom. The average Bonchev–Trinajstić information content (AvgIpc) is 2.80. The first kappa shape index (κ1) is 22.4. The second-order valence-corrected chi connectivity index (χ2v) is 8.25. The molecule has 0 unspecified atom stereocenters. The zero-order valence-corrected chi connectivity index (χ0v) is 18.6. The van der Waals surface area contributed by atoms with E-state index < -0.39 is 5.91 Å². The van der Waals surface area contributed by atoms with Crippen molar-refractivity contribution in [3.05, 3.63) is 89.0 Å². The molecule has 0 radical (unpaired) electrons. The smallest absolute Gasteiger partial charge is 0.323 e. The van der Waals surface area contributed by atoms with Crippen LogP contribution in [-0.4, -0.2) is 30.0 Å². The number of fused-ring (bicyclic) bond motifs is 1. The lowest BCUT2D eigenvalue weighted by molar-refractivity contribution is -0.119. The summed E-state index contributed by atoms with van der Waals surface area (Å²) in [4.78, 5) is 25.7. The molecule has 1 aliphatic rings. The lowest BCUT2D eigenvalue weighted by atomic mass is 9.97. The summed E-state index contributed by atoms with van der Waals surface area (Å²) in [5.41, 5.74) is 11.4. The summed E-state index contributed by atoms with van der Waals surface area (Å²) in [7, 11) is 0. The molecular weight excluding hydrogens is 416 g/mol. The second-order valence-electron chi connectivity index (χ2n) is 8.25. The van der Waals surface area contributed by atoms with Crippen LogP contribution in [0.4, 0.5) is 16.2 Å². The number of primary amides is 1. The van der Waals surface area contributed by atoms with Crippen LogP contribution in [0.3, 0.4) is 0 Å². The maximum atomic E-state index is 12.5. The fourth-order valence-corrected chi connectivity index (χ4v) is 3.95. The van der Waals surface area contributed by atoms with E-state index in [-0.39, 0.29) is 12.6 Å². The topological polar surface area (TPSA) is 96.7 Å². The number of carbonyl (C=O) groups is 2. The number of carbonyl (C=O) groups excluding carboxylic acids is 2. The minimum absolute atomic E-state index is 0.123. The largest absolute Gasteiger partial charge is 0.484 e. The van der Waals surface area contributed by atoms with Gasteiger partial charge in [0.1, 0.15) is 5.75 Å². The number of ether oxygens (including phenoxy) is 1. The van der Waals surface area contributed by atoms with E-state index >= 15 is 0 Å². The minimum Gasteiger partial charge on any atom is -0.484 e. The number of rotatable bonds is 7. The van der Waals surface area contributed by atoms with Gasteiger partial charge < -0.3 is 21.1 Å². The van der Waals surface area contributed by atoms with Gasteiger partial charge in [0.15, 0.2) is 6.61 Å². The van der Waals surface area contributed by atoms with Crippen LogP contribution in [0.15, 0.2) is 66.7 Å². The number of nitrogens with zero attached hydrogens (tertiary/aromatic N) is 1. The number of urea groups is 1. The van der Waals surface area contributed by atoms with Crippen molar-refractivity contribution in [3.63, 3.8) is 0 Å². The molecule has 33 heavy (non-hydrogen) atoms. The summed E-state index contributed by atoms with van der Waals surface area (Å²) < 4.78 is 5.32. The summed E-state index contributed by atoms with van der Waals surface area (Å²) in [6, 6.07) is 21.2.